The maximum absolute atomic E-state index is 14.2. The molecule has 51 heavy (non-hydrogen) atoms. The van der Waals surface area contributed by atoms with Crippen molar-refractivity contribution in [3.63, 3.8) is 0 Å². The van der Waals surface area contributed by atoms with Gasteiger partial charge < -0.3 is 31.9 Å². The molecule has 0 saturated carbocycles. The molecule has 7 atom stereocenters. The van der Waals surface area contributed by atoms with Crippen LogP contribution in [0.4, 0.5) is 0 Å². The first-order valence-corrected chi connectivity index (χ1v) is 19.2. The number of nitrogens with one attached hydrogen (secondary N) is 2. The van der Waals surface area contributed by atoms with Gasteiger partial charge in [-0.3, -0.25) is 19.2 Å². The van der Waals surface area contributed by atoms with Crippen LogP contribution >= 0.6 is 0 Å². The molecule has 15 heteroatoms. The molecule has 3 saturated heterocycles. The first kappa shape index (κ1) is 38.3. The van der Waals surface area contributed by atoms with E-state index >= 15 is 0 Å². The van der Waals surface area contributed by atoms with Crippen LogP contribution in [0.2, 0.25) is 0 Å². The van der Waals surface area contributed by atoms with Gasteiger partial charge in [0, 0.05) is 51.7 Å². The average molecular weight is 725 g/mol. The predicted octanol–water partition coefficient (Wildman–Crippen LogP) is -0.0214. The number of amides is 4. The van der Waals surface area contributed by atoms with E-state index in [9.17, 15) is 27.6 Å². The summed E-state index contributed by atoms with van der Waals surface area (Å²) >= 11 is 0. The lowest BCUT2D eigenvalue weighted by molar-refractivity contribution is -0.161. The van der Waals surface area contributed by atoms with E-state index in [4.69, 9.17) is 11.5 Å². The molecule has 278 valence electrons. The fourth-order valence-corrected chi connectivity index (χ4v) is 8.67. The average Bonchev–Trinajstić information content (AvgIpc) is 3.38. The quantitative estimate of drug-likeness (QED) is 0.174. The molecule has 0 radical (unpaired) electrons. The Morgan fingerprint density at radius 2 is 1.49 bits per heavy atom. The number of fused-ring (bicyclic) bond motifs is 2. The molecule has 7 unspecified atom stereocenters. The molecule has 14 nitrogen and oxygen atoms in total. The molecule has 5 rings (SSSR count). The Morgan fingerprint density at radius 1 is 0.902 bits per heavy atom. The number of unbranched alkanes of at least 4 members (excludes halogenated alkanes) is 1. The van der Waals surface area contributed by atoms with Crippen LogP contribution in [-0.4, -0.2) is 126 Å². The van der Waals surface area contributed by atoms with E-state index in [0.717, 1.165) is 11.1 Å². The second kappa shape index (κ2) is 16.6. The number of nitrogens with zero attached hydrogens (tertiary/aromatic N) is 4. The summed E-state index contributed by atoms with van der Waals surface area (Å²) in [6.45, 7) is 2.70. The molecule has 6 N–H and O–H groups in total. The van der Waals surface area contributed by atoms with Gasteiger partial charge in [0.1, 0.15) is 18.1 Å². The van der Waals surface area contributed by atoms with Gasteiger partial charge in [-0.05, 0) is 63.1 Å². The first-order chi connectivity index (χ1) is 24.3. The van der Waals surface area contributed by atoms with Crippen molar-refractivity contribution in [2.24, 2.45) is 11.5 Å². The normalized spacial score (nSPS) is 23.8. The zero-order chi connectivity index (χ0) is 36.9. The van der Waals surface area contributed by atoms with Crippen LogP contribution in [0.5, 0.6) is 0 Å². The zero-order valence-electron chi connectivity index (χ0n) is 29.7. The van der Waals surface area contributed by atoms with Gasteiger partial charge in [0.25, 0.3) is 10.2 Å². The molecule has 2 aromatic carbocycles. The Kier molecular flexibility index (Phi) is 12.5. The second-order valence-corrected chi connectivity index (χ2v) is 16.3. The highest BCUT2D eigenvalue weighted by atomic mass is 32.2. The second-order valence-electron chi connectivity index (χ2n) is 14.1. The molecule has 3 aliphatic heterocycles. The lowest BCUT2D eigenvalue weighted by Gasteiger charge is -2.57. The number of likely N-dealkylation sites (tertiary alicyclic amines) is 2. The van der Waals surface area contributed by atoms with Crippen molar-refractivity contribution >= 4 is 33.8 Å². The first-order valence-electron chi connectivity index (χ1n) is 17.8. The summed E-state index contributed by atoms with van der Waals surface area (Å²) in [7, 11) is -0.646. The Bertz CT molecular complexity index is 1630. The van der Waals surface area contributed by atoms with E-state index in [-0.39, 0.29) is 55.9 Å². The predicted molar refractivity (Wildman–Crippen MR) is 193 cm³/mol. The van der Waals surface area contributed by atoms with Crippen molar-refractivity contribution in [1.29, 1.82) is 0 Å². The van der Waals surface area contributed by atoms with Crippen molar-refractivity contribution in [2.75, 3.05) is 33.7 Å². The Balaban J connectivity index is 1.29. The van der Waals surface area contributed by atoms with Crippen LogP contribution in [0, 0.1) is 0 Å². The third kappa shape index (κ3) is 8.78. The van der Waals surface area contributed by atoms with Gasteiger partial charge in [-0.2, -0.15) is 17.0 Å². The van der Waals surface area contributed by atoms with Gasteiger partial charge in [-0.25, -0.2) is 0 Å². The molecule has 3 fully saturated rings. The summed E-state index contributed by atoms with van der Waals surface area (Å²) < 4.78 is 28.2. The Labute approximate surface area is 301 Å². The van der Waals surface area contributed by atoms with Crippen LogP contribution in [0.1, 0.15) is 50.2 Å². The van der Waals surface area contributed by atoms with E-state index in [1.165, 1.54) is 22.7 Å². The number of piperidine rings is 1. The van der Waals surface area contributed by atoms with E-state index in [2.05, 4.69) is 10.6 Å². The SMILES string of the molecule is CC1CC(NC(=O)C(Cc2ccccc2)NC(=O)C(N)Cc2ccccc2)C(=O)N1C(CCCCN)C(=O)N1C2CC1CN(S(=O)(=O)N(C)C)C2. The van der Waals surface area contributed by atoms with Crippen LogP contribution in [0.25, 0.3) is 0 Å². The van der Waals surface area contributed by atoms with Gasteiger partial charge in [0.2, 0.25) is 23.6 Å². The summed E-state index contributed by atoms with van der Waals surface area (Å²) in [6.07, 6.45) is 3.17. The standard InChI is InChI=1S/C36H52N8O6S/c1-24-18-31(40-34(46)30(20-26-14-8-5-9-15-26)39-33(45)29(38)19-25-12-6-4-7-13-25)35(47)43(24)32(16-10-11-17-37)36(48)44-27-21-28(44)23-42(22-27)51(49,50)41(2)3/h4-9,12-15,24,27-32H,10-11,16-23,37-38H2,1-3H3,(H,39,45)(H,40,46). The number of nitrogens with two attached hydrogens (primary N) is 2. The summed E-state index contributed by atoms with van der Waals surface area (Å²) in [6, 6.07) is 14.2. The lowest BCUT2D eigenvalue weighted by Crippen LogP contribution is -2.73. The van der Waals surface area contributed by atoms with Crippen LogP contribution < -0.4 is 22.1 Å². The van der Waals surface area contributed by atoms with E-state index in [1.54, 1.807) is 9.80 Å². The van der Waals surface area contributed by atoms with E-state index in [0.29, 0.717) is 38.6 Å². The molecule has 0 spiro atoms. The van der Waals surface area contributed by atoms with Gasteiger partial charge >= 0.3 is 0 Å². The van der Waals surface area contributed by atoms with Gasteiger partial charge in [-0.15, -0.1) is 0 Å². The molecular weight excluding hydrogens is 673 g/mol. The summed E-state index contributed by atoms with van der Waals surface area (Å²) in [4.78, 5) is 58.8. The highest BCUT2D eigenvalue weighted by molar-refractivity contribution is 7.86. The van der Waals surface area contributed by atoms with Crippen molar-refractivity contribution in [2.45, 2.75) is 94.2 Å². The zero-order valence-corrected chi connectivity index (χ0v) is 30.5. The fraction of sp³-hybridized carbons (Fsp3) is 0.556. The number of carbonyl (C=O) groups is 4. The highest BCUT2D eigenvalue weighted by Gasteiger charge is 2.54. The molecule has 2 aromatic rings. The Hall–Kier alpha value is -3.89. The smallest absolute Gasteiger partial charge is 0.281 e. The van der Waals surface area contributed by atoms with Gasteiger partial charge in [-0.1, -0.05) is 60.7 Å². The molecule has 4 amide bonds. The summed E-state index contributed by atoms with van der Waals surface area (Å²) in [5, 5.41) is 5.71. The molecule has 0 aliphatic carbocycles. The topological polar surface area (TPSA) is 191 Å². The minimum atomic E-state index is -3.62. The monoisotopic (exact) mass is 724 g/mol. The van der Waals surface area contributed by atoms with Gasteiger partial charge in [0.05, 0.1) is 6.04 Å². The number of benzene rings is 2. The van der Waals surface area contributed by atoms with Gasteiger partial charge in [0.15, 0.2) is 0 Å². The fourth-order valence-electron chi connectivity index (χ4n) is 7.49. The van der Waals surface area contributed by atoms with Crippen molar-refractivity contribution in [1.82, 2.24) is 29.0 Å². The van der Waals surface area contributed by atoms with E-state index < -0.39 is 46.2 Å². The molecule has 2 bridgehead atoms. The number of hydrogen-bond acceptors (Lipinski definition) is 8. The molecule has 0 aromatic heterocycles. The van der Waals surface area contributed by atoms with E-state index in [1.807, 2.05) is 67.6 Å². The summed E-state index contributed by atoms with van der Waals surface area (Å²) in [5.74, 6) is -1.57. The third-order valence-electron chi connectivity index (χ3n) is 10.2. The third-order valence-corrected chi connectivity index (χ3v) is 12.1. The van der Waals surface area contributed by atoms with Crippen LogP contribution in [0.3, 0.4) is 0 Å². The van der Waals surface area contributed by atoms with Crippen molar-refractivity contribution in [3.8, 4) is 0 Å². The lowest BCUT2D eigenvalue weighted by atomic mass is 9.87. The Morgan fingerprint density at radius 3 is 2.06 bits per heavy atom. The number of rotatable bonds is 16. The molecule has 3 aliphatic rings. The van der Waals surface area contributed by atoms with Crippen LogP contribution in [0.15, 0.2) is 60.7 Å². The molecule has 3 heterocycles. The largest absolute Gasteiger partial charge is 0.343 e. The van der Waals surface area contributed by atoms with Crippen molar-refractivity contribution in [3.05, 3.63) is 71.8 Å². The maximum Gasteiger partial charge on any atom is 0.281 e. The van der Waals surface area contributed by atoms with Crippen LogP contribution in [-0.2, 0) is 42.2 Å². The maximum atomic E-state index is 14.2. The number of hydrogen-bond donors (Lipinski definition) is 4. The minimum absolute atomic E-state index is 0.190. The minimum Gasteiger partial charge on any atom is -0.343 e. The van der Waals surface area contributed by atoms with Crippen molar-refractivity contribution < 1.29 is 27.6 Å². The number of carbonyl (C=O) groups excluding carboxylic acids is 4. The highest BCUT2D eigenvalue weighted by Crippen LogP contribution is 2.36. The molecular formula is C36H52N8O6S. The summed E-state index contributed by atoms with van der Waals surface area (Å²) in [5.41, 5.74) is 13.7. The number of piperazine rings is 1.